The van der Waals surface area contributed by atoms with Gasteiger partial charge >= 0.3 is 12.1 Å². The second-order valence-corrected chi connectivity index (χ2v) is 15.9. The highest BCUT2D eigenvalue weighted by Gasteiger charge is 2.37. The number of aromatic nitrogens is 3. The molecule has 2 aromatic heterocycles. The lowest BCUT2D eigenvalue weighted by Crippen LogP contribution is -2.52. The Labute approximate surface area is 296 Å². The zero-order valence-electron chi connectivity index (χ0n) is 29.5. The summed E-state index contributed by atoms with van der Waals surface area (Å²) in [4.78, 5) is 37.8. The van der Waals surface area contributed by atoms with Crippen LogP contribution in [0.4, 0.5) is 4.79 Å². The predicted molar refractivity (Wildman–Crippen MR) is 195 cm³/mol. The van der Waals surface area contributed by atoms with Crippen molar-refractivity contribution < 1.29 is 23.8 Å². The highest BCUT2D eigenvalue weighted by Crippen LogP contribution is 2.45. The van der Waals surface area contributed by atoms with Crippen molar-refractivity contribution in [2.45, 2.75) is 85.7 Å². The molecule has 9 nitrogen and oxygen atoms in total. The minimum absolute atomic E-state index is 0.0903. The van der Waals surface area contributed by atoms with Crippen LogP contribution in [0, 0.1) is 13.8 Å². The first-order valence-electron chi connectivity index (χ1n) is 16.5. The summed E-state index contributed by atoms with van der Waals surface area (Å²) in [6.07, 6.45) is -1.25. The first kappa shape index (κ1) is 34.9. The van der Waals surface area contributed by atoms with E-state index < -0.39 is 23.3 Å². The van der Waals surface area contributed by atoms with Gasteiger partial charge in [0.2, 0.25) is 0 Å². The van der Waals surface area contributed by atoms with E-state index in [-0.39, 0.29) is 18.7 Å². The van der Waals surface area contributed by atoms with Crippen molar-refractivity contribution in [3.05, 3.63) is 70.5 Å². The molecule has 1 aliphatic heterocycles. The molecule has 0 N–H and O–H groups in total. The number of aryl methyl sites for hydroxylation is 2. The van der Waals surface area contributed by atoms with Crippen molar-refractivity contribution in [1.29, 1.82) is 0 Å². The van der Waals surface area contributed by atoms with E-state index >= 15 is 0 Å². The van der Waals surface area contributed by atoms with Gasteiger partial charge in [0.15, 0.2) is 6.10 Å². The maximum absolute atomic E-state index is 13.5. The van der Waals surface area contributed by atoms with Crippen LogP contribution in [0.15, 0.2) is 48.5 Å². The molecule has 1 fully saturated rings. The molecule has 49 heavy (non-hydrogen) atoms. The van der Waals surface area contributed by atoms with Crippen LogP contribution in [0.3, 0.4) is 0 Å². The summed E-state index contributed by atoms with van der Waals surface area (Å²) >= 11 is 7.89. The van der Waals surface area contributed by atoms with Gasteiger partial charge in [-0.3, -0.25) is 0 Å². The number of thiazole rings is 1. The van der Waals surface area contributed by atoms with Crippen LogP contribution in [0.25, 0.3) is 42.9 Å². The van der Waals surface area contributed by atoms with E-state index in [9.17, 15) is 9.59 Å². The summed E-state index contributed by atoms with van der Waals surface area (Å²) in [6, 6.07) is 15.9. The molecule has 258 valence electrons. The van der Waals surface area contributed by atoms with Crippen LogP contribution in [-0.4, -0.2) is 62.4 Å². The Kier molecular flexibility index (Phi) is 9.28. The van der Waals surface area contributed by atoms with Crippen molar-refractivity contribution in [1.82, 2.24) is 19.4 Å². The molecule has 0 spiro atoms. The molecule has 1 atom stereocenters. The Hall–Kier alpha value is -3.99. The van der Waals surface area contributed by atoms with E-state index in [2.05, 4.69) is 10.6 Å². The molecule has 0 bridgehead atoms. The van der Waals surface area contributed by atoms with Gasteiger partial charge in [0.1, 0.15) is 16.4 Å². The highest BCUT2D eigenvalue weighted by molar-refractivity contribution is 7.22. The normalized spacial score (nSPS) is 14.7. The second-order valence-electron chi connectivity index (χ2n) is 14.5. The van der Waals surface area contributed by atoms with Crippen LogP contribution in [0.5, 0.6) is 0 Å². The lowest BCUT2D eigenvalue weighted by Gasteiger charge is -2.41. The molecular weight excluding hydrogens is 660 g/mol. The third kappa shape index (κ3) is 7.18. The summed E-state index contributed by atoms with van der Waals surface area (Å²) in [5.41, 5.74) is 5.88. The Morgan fingerprint density at radius 1 is 0.939 bits per heavy atom. The molecule has 6 rings (SSSR count). The number of hydrogen-bond donors (Lipinski definition) is 0. The first-order chi connectivity index (χ1) is 23.0. The molecule has 11 heteroatoms. The Morgan fingerprint density at radius 3 is 2.24 bits per heavy atom. The molecule has 3 aromatic carbocycles. The van der Waals surface area contributed by atoms with E-state index in [1.807, 2.05) is 97.9 Å². The van der Waals surface area contributed by atoms with Crippen molar-refractivity contribution in [3.8, 4) is 21.7 Å². The van der Waals surface area contributed by atoms with E-state index in [0.717, 1.165) is 59.9 Å². The minimum Gasteiger partial charge on any atom is -0.464 e. The molecule has 3 heterocycles. The number of benzene rings is 3. The topological polar surface area (TPSA) is 95.8 Å². The number of nitrogens with zero attached hydrogens (tertiary/aromatic N) is 4. The Morgan fingerprint density at radius 2 is 1.61 bits per heavy atom. The number of likely N-dealkylation sites (tertiary alicyclic amines) is 1. The quantitative estimate of drug-likeness (QED) is 0.156. The Balaban J connectivity index is 1.45. The molecule has 1 amide bonds. The average molecular weight is 703 g/mol. The zero-order valence-corrected chi connectivity index (χ0v) is 31.1. The third-order valence-electron chi connectivity index (χ3n) is 8.29. The lowest BCUT2D eigenvalue weighted by molar-refractivity contribution is -0.166. The number of esters is 1. The van der Waals surface area contributed by atoms with Gasteiger partial charge < -0.3 is 23.7 Å². The number of ether oxygens (including phenoxy) is 3. The number of amides is 1. The maximum atomic E-state index is 13.5. The summed E-state index contributed by atoms with van der Waals surface area (Å²) in [6.45, 7) is 18.5. The molecule has 0 saturated carbocycles. The fourth-order valence-electron chi connectivity index (χ4n) is 6.27. The number of halogens is 1. The number of hydrogen-bond acceptors (Lipinski definition) is 8. The highest BCUT2D eigenvalue weighted by atomic mass is 35.5. The summed E-state index contributed by atoms with van der Waals surface area (Å²) in [5.74, 6) is 0.453. The van der Waals surface area contributed by atoms with Gasteiger partial charge in [-0.25, -0.2) is 19.6 Å². The van der Waals surface area contributed by atoms with E-state index in [1.165, 1.54) is 0 Å². The standard InChI is InChI=1S/C38H43ClN4O5S/c1-10-46-35(44)32(47-37(4,5)6)30-21(2)17-28-33(31(30)23-11-14-25(39)15-12-23)49-34(41-28)24-13-16-27-29(18-24)43(22(3)40-27)26-19-42(20-26)36(45)48-38(7,8)9/h11-18,26,32H,10,19-20H2,1-9H3. The number of carbonyl (C=O) groups excluding carboxylic acids is 2. The number of imidazole rings is 1. The van der Waals surface area contributed by atoms with Crippen molar-refractivity contribution in [2.24, 2.45) is 0 Å². The third-order valence-corrected chi connectivity index (χ3v) is 9.68. The van der Waals surface area contributed by atoms with Gasteiger partial charge in [0.25, 0.3) is 0 Å². The van der Waals surface area contributed by atoms with Gasteiger partial charge in [0.05, 0.1) is 39.5 Å². The second kappa shape index (κ2) is 13.0. The largest absolute Gasteiger partial charge is 0.464 e. The molecule has 0 aliphatic carbocycles. The van der Waals surface area contributed by atoms with Crippen molar-refractivity contribution in [3.63, 3.8) is 0 Å². The van der Waals surface area contributed by atoms with Gasteiger partial charge in [0, 0.05) is 34.8 Å². The van der Waals surface area contributed by atoms with E-state index in [4.69, 9.17) is 35.8 Å². The van der Waals surface area contributed by atoms with Gasteiger partial charge in [-0.1, -0.05) is 23.7 Å². The lowest BCUT2D eigenvalue weighted by atomic mass is 9.91. The maximum Gasteiger partial charge on any atom is 0.410 e. The predicted octanol–water partition coefficient (Wildman–Crippen LogP) is 9.46. The monoisotopic (exact) mass is 702 g/mol. The molecular formula is C38H43ClN4O5S. The number of rotatable bonds is 7. The molecule has 1 unspecified atom stereocenters. The van der Waals surface area contributed by atoms with E-state index in [0.29, 0.717) is 18.1 Å². The van der Waals surface area contributed by atoms with E-state index in [1.54, 1.807) is 23.2 Å². The summed E-state index contributed by atoms with van der Waals surface area (Å²) < 4.78 is 20.7. The number of fused-ring (bicyclic) bond motifs is 2. The molecule has 5 aromatic rings. The van der Waals surface area contributed by atoms with Gasteiger partial charge in [-0.2, -0.15) is 0 Å². The summed E-state index contributed by atoms with van der Waals surface area (Å²) in [7, 11) is 0. The van der Waals surface area contributed by atoms with Crippen molar-refractivity contribution in [2.75, 3.05) is 19.7 Å². The van der Waals surface area contributed by atoms with Crippen LogP contribution in [0.2, 0.25) is 5.02 Å². The van der Waals surface area contributed by atoms with Crippen LogP contribution < -0.4 is 0 Å². The van der Waals surface area contributed by atoms with Crippen LogP contribution in [-0.2, 0) is 19.0 Å². The van der Waals surface area contributed by atoms with Gasteiger partial charge in [-0.05, 0) is 110 Å². The van der Waals surface area contributed by atoms with Crippen molar-refractivity contribution >= 4 is 56.3 Å². The Bertz CT molecular complexity index is 2050. The molecule has 1 saturated heterocycles. The smallest absolute Gasteiger partial charge is 0.410 e. The number of carbonyl (C=O) groups is 2. The fourth-order valence-corrected chi connectivity index (χ4v) is 7.52. The first-order valence-corrected chi connectivity index (χ1v) is 17.7. The summed E-state index contributed by atoms with van der Waals surface area (Å²) in [5, 5.41) is 1.45. The average Bonchev–Trinajstić information content (AvgIpc) is 3.54. The van der Waals surface area contributed by atoms with Crippen LogP contribution >= 0.6 is 22.9 Å². The zero-order chi connectivity index (χ0) is 35.4. The van der Waals surface area contributed by atoms with Gasteiger partial charge in [-0.15, -0.1) is 11.3 Å². The SMILES string of the molecule is CCOC(=O)C(OC(C)(C)C)c1c(C)cc2nc(-c3ccc4nc(C)n(C5CN(C(=O)OC(C)(C)C)C5)c4c3)sc2c1-c1ccc(Cl)cc1. The fraction of sp³-hybridized carbons (Fsp3) is 0.421. The minimum atomic E-state index is -0.947. The van der Waals surface area contributed by atoms with Crippen LogP contribution in [0.1, 0.15) is 77.6 Å². The molecule has 1 aliphatic rings. The molecule has 0 radical (unpaired) electrons.